The van der Waals surface area contributed by atoms with E-state index in [1.165, 1.54) is 40.8 Å². The SMILES string of the molecule is OC(c1cc2c(s1)CCCC2)c1csc2c(Br)cccc12. The maximum absolute atomic E-state index is 10.8. The molecule has 1 atom stereocenters. The van der Waals surface area contributed by atoms with Crippen LogP contribution in [0.3, 0.4) is 0 Å². The third-order valence-electron chi connectivity index (χ3n) is 4.16. The molecule has 0 saturated heterocycles. The number of rotatable bonds is 2. The second-order valence-corrected chi connectivity index (χ2v) is 8.42. The summed E-state index contributed by atoms with van der Waals surface area (Å²) in [6.07, 6.45) is 4.44. The number of aryl methyl sites for hydroxylation is 2. The quantitative estimate of drug-likeness (QED) is 0.607. The van der Waals surface area contributed by atoms with E-state index >= 15 is 0 Å². The molecule has 0 fully saturated rings. The van der Waals surface area contributed by atoms with Crippen molar-refractivity contribution in [1.29, 1.82) is 0 Å². The van der Waals surface area contributed by atoms with E-state index in [2.05, 4.69) is 39.5 Å². The zero-order valence-electron chi connectivity index (χ0n) is 11.4. The summed E-state index contributed by atoms with van der Waals surface area (Å²) in [6, 6.07) is 8.42. The smallest absolute Gasteiger partial charge is 0.115 e. The van der Waals surface area contributed by atoms with Gasteiger partial charge in [-0.15, -0.1) is 22.7 Å². The van der Waals surface area contributed by atoms with Crippen LogP contribution in [0, 0.1) is 0 Å². The Labute approximate surface area is 140 Å². The van der Waals surface area contributed by atoms with Crippen molar-refractivity contribution in [3.8, 4) is 0 Å². The Bertz CT molecular complexity index is 779. The van der Waals surface area contributed by atoms with Crippen LogP contribution in [0.4, 0.5) is 0 Å². The van der Waals surface area contributed by atoms with E-state index in [-0.39, 0.29) is 0 Å². The van der Waals surface area contributed by atoms with Gasteiger partial charge in [0, 0.05) is 24.5 Å². The van der Waals surface area contributed by atoms with Gasteiger partial charge in [-0.05, 0) is 70.1 Å². The molecule has 0 spiro atoms. The summed E-state index contributed by atoms with van der Waals surface area (Å²) in [5.41, 5.74) is 2.50. The number of fused-ring (bicyclic) bond motifs is 2. The average molecular weight is 379 g/mol. The molecular formula is C17H15BrOS2. The largest absolute Gasteiger partial charge is 0.383 e. The third kappa shape index (κ3) is 2.38. The lowest BCUT2D eigenvalue weighted by molar-refractivity contribution is 0.226. The van der Waals surface area contributed by atoms with E-state index in [9.17, 15) is 5.11 Å². The van der Waals surface area contributed by atoms with E-state index in [0.29, 0.717) is 0 Å². The minimum atomic E-state index is -0.497. The fourth-order valence-corrected chi connectivity index (χ4v) is 5.96. The van der Waals surface area contributed by atoms with E-state index < -0.39 is 6.10 Å². The van der Waals surface area contributed by atoms with Crippen LogP contribution in [0.1, 0.15) is 39.8 Å². The van der Waals surface area contributed by atoms with Gasteiger partial charge in [0.05, 0.1) is 0 Å². The molecule has 3 aromatic rings. The highest BCUT2D eigenvalue weighted by Crippen LogP contribution is 2.40. The summed E-state index contributed by atoms with van der Waals surface area (Å²) >= 11 is 7.09. The molecule has 1 aliphatic rings. The summed E-state index contributed by atoms with van der Waals surface area (Å²) < 4.78 is 2.32. The van der Waals surface area contributed by atoms with Gasteiger partial charge in [0.15, 0.2) is 0 Å². The van der Waals surface area contributed by atoms with E-state index in [1.807, 2.05) is 6.07 Å². The Hall–Kier alpha value is -0.680. The first-order valence-electron chi connectivity index (χ1n) is 7.19. The van der Waals surface area contributed by atoms with Gasteiger partial charge >= 0.3 is 0 Å². The van der Waals surface area contributed by atoms with Crippen molar-refractivity contribution in [3.63, 3.8) is 0 Å². The molecule has 21 heavy (non-hydrogen) atoms. The van der Waals surface area contributed by atoms with E-state index in [0.717, 1.165) is 20.3 Å². The summed E-state index contributed by atoms with van der Waals surface area (Å²) in [6.45, 7) is 0. The van der Waals surface area contributed by atoms with Crippen LogP contribution in [0.2, 0.25) is 0 Å². The van der Waals surface area contributed by atoms with Gasteiger partial charge in [-0.3, -0.25) is 0 Å². The van der Waals surface area contributed by atoms with Gasteiger partial charge in [-0.1, -0.05) is 12.1 Å². The van der Waals surface area contributed by atoms with Gasteiger partial charge in [-0.25, -0.2) is 0 Å². The van der Waals surface area contributed by atoms with Gasteiger partial charge < -0.3 is 5.11 Å². The Morgan fingerprint density at radius 1 is 1.19 bits per heavy atom. The van der Waals surface area contributed by atoms with E-state index in [1.54, 1.807) is 22.7 Å². The molecule has 108 valence electrons. The topological polar surface area (TPSA) is 20.2 Å². The molecule has 1 aliphatic carbocycles. The third-order valence-corrected chi connectivity index (χ3v) is 7.42. The molecular weight excluding hydrogens is 364 g/mol. The number of benzene rings is 1. The second kappa shape index (κ2) is 5.51. The molecule has 1 N–H and O–H groups in total. The summed E-state index contributed by atoms with van der Waals surface area (Å²) in [4.78, 5) is 2.58. The lowest BCUT2D eigenvalue weighted by atomic mass is 9.98. The summed E-state index contributed by atoms with van der Waals surface area (Å²) in [5, 5.41) is 14.1. The van der Waals surface area contributed by atoms with Crippen LogP contribution in [-0.2, 0) is 12.8 Å². The first-order chi connectivity index (χ1) is 10.2. The zero-order valence-corrected chi connectivity index (χ0v) is 14.7. The predicted octanol–water partition coefficient (Wildman–Crippen LogP) is 5.69. The van der Waals surface area contributed by atoms with Crippen molar-refractivity contribution < 1.29 is 5.11 Å². The Balaban J connectivity index is 1.77. The van der Waals surface area contributed by atoms with Gasteiger partial charge in [-0.2, -0.15) is 0 Å². The highest BCUT2D eigenvalue weighted by molar-refractivity contribution is 9.10. The van der Waals surface area contributed by atoms with Crippen molar-refractivity contribution >= 4 is 48.7 Å². The van der Waals surface area contributed by atoms with Gasteiger partial charge in [0.25, 0.3) is 0 Å². The number of thiophene rings is 2. The van der Waals surface area contributed by atoms with E-state index in [4.69, 9.17) is 0 Å². The van der Waals surface area contributed by atoms with Crippen LogP contribution in [0.15, 0.2) is 34.1 Å². The lowest BCUT2D eigenvalue weighted by Gasteiger charge is -2.08. The maximum atomic E-state index is 10.8. The minimum Gasteiger partial charge on any atom is -0.383 e. The number of aliphatic hydroxyl groups is 1. The lowest BCUT2D eigenvalue weighted by Crippen LogP contribution is -1.97. The van der Waals surface area contributed by atoms with Gasteiger partial charge in [0.2, 0.25) is 0 Å². The standard InChI is InChI=1S/C17H15BrOS2/c18-13-6-3-5-11-12(9-20-17(11)13)16(19)15-8-10-4-1-2-7-14(10)21-15/h3,5-6,8-9,16,19H,1-2,4,7H2. The molecule has 1 unspecified atom stereocenters. The van der Waals surface area contributed by atoms with Crippen LogP contribution in [-0.4, -0.2) is 5.11 Å². The first-order valence-corrected chi connectivity index (χ1v) is 9.68. The van der Waals surface area contributed by atoms with Gasteiger partial charge in [0.1, 0.15) is 6.10 Å². The molecule has 2 heterocycles. The van der Waals surface area contributed by atoms with Crippen LogP contribution in [0.5, 0.6) is 0 Å². The van der Waals surface area contributed by atoms with Crippen LogP contribution < -0.4 is 0 Å². The molecule has 2 aromatic heterocycles. The van der Waals surface area contributed by atoms with Crippen molar-refractivity contribution in [2.24, 2.45) is 0 Å². The fraction of sp³-hybridized carbons (Fsp3) is 0.294. The second-order valence-electron chi connectivity index (χ2n) is 5.51. The fourth-order valence-electron chi connectivity index (χ4n) is 3.06. The van der Waals surface area contributed by atoms with Crippen molar-refractivity contribution in [1.82, 2.24) is 0 Å². The molecule has 1 aromatic carbocycles. The van der Waals surface area contributed by atoms with Crippen molar-refractivity contribution in [2.45, 2.75) is 31.8 Å². The average Bonchev–Trinajstić information content (AvgIpc) is 3.11. The normalized spacial score (nSPS) is 16.1. The summed E-state index contributed by atoms with van der Waals surface area (Å²) in [7, 11) is 0. The molecule has 0 amide bonds. The Kier molecular flexibility index (Phi) is 3.66. The maximum Gasteiger partial charge on any atom is 0.115 e. The predicted molar refractivity (Wildman–Crippen MR) is 94.5 cm³/mol. The van der Waals surface area contributed by atoms with Crippen molar-refractivity contribution in [3.05, 3.63) is 55.0 Å². The molecule has 0 bridgehead atoms. The number of hydrogen-bond donors (Lipinski definition) is 1. The zero-order chi connectivity index (χ0) is 14.4. The highest BCUT2D eigenvalue weighted by Gasteiger charge is 2.21. The molecule has 4 heteroatoms. The van der Waals surface area contributed by atoms with Crippen molar-refractivity contribution in [2.75, 3.05) is 0 Å². The van der Waals surface area contributed by atoms with Crippen LogP contribution >= 0.6 is 38.6 Å². The highest BCUT2D eigenvalue weighted by atomic mass is 79.9. The molecule has 0 radical (unpaired) electrons. The first kappa shape index (κ1) is 13.9. The number of halogens is 1. The summed E-state index contributed by atoms with van der Waals surface area (Å²) in [5.74, 6) is 0. The molecule has 0 saturated carbocycles. The Morgan fingerprint density at radius 2 is 2.05 bits per heavy atom. The number of aliphatic hydroxyl groups excluding tert-OH is 1. The molecule has 0 aliphatic heterocycles. The number of hydrogen-bond acceptors (Lipinski definition) is 3. The molecule has 1 nitrogen and oxygen atoms in total. The minimum absolute atomic E-state index is 0.497. The molecule has 4 rings (SSSR count). The monoisotopic (exact) mass is 378 g/mol. The Morgan fingerprint density at radius 3 is 2.90 bits per heavy atom. The van der Waals surface area contributed by atoms with Crippen LogP contribution in [0.25, 0.3) is 10.1 Å².